The fourth-order valence-corrected chi connectivity index (χ4v) is 3.28. The van der Waals surface area contributed by atoms with Gasteiger partial charge >= 0.3 is 0 Å². The SMILES string of the molecule is Cc1c(C(=O)Nc2ccc(Oc3ccc(F)cc3)nc2)nnn1C1CCNCC1. The number of anilines is 1. The van der Waals surface area contributed by atoms with Crippen LogP contribution < -0.4 is 15.4 Å². The van der Waals surface area contributed by atoms with Gasteiger partial charge in [-0.15, -0.1) is 5.10 Å². The molecular formula is C20H21FN6O2. The maximum atomic E-state index is 13.0. The zero-order valence-corrected chi connectivity index (χ0v) is 15.9. The molecule has 9 heteroatoms. The van der Waals surface area contributed by atoms with Crippen LogP contribution in [0.4, 0.5) is 10.1 Å². The number of hydrogen-bond acceptors (Lipinski definition) is 6. The Hall–Kier alpha value is -3.33. The van der Waals surface area contributed by atoms with Gasteiger partial charge in [0.25, 0.3) is 5.91 Å². The molecule has 3 heterocycles. The van der Waals surface area contributed by atoms with Crippen LogP contribution in [0.1, 0.15) is 35.1 Å². The van der Waals surface area contributed by atoms with Gasteiger partial charge in [0.05, 0.1) is 23.6 Å². The molecule has 2 aromatic heterocycles. The summed E-state index contributed by atoms with van der Waals surface area (Å²) in [6, 6.07) is 9.21. The van der Waals surface area contributed by atoms with Crippen molar-refractivity contribution in [3.05, 3.63) is 59.8 Å². The van der Waals surface area contributed by atoms with Crippen LogP contribution in [-0.2, 0) is 0 Å². The number of hydrogen-bond donors (Lipinski definition) is 2. The Bertz CT molecular complexity index is 981. The van der Waals surface area contributed by atoms with Crippen molar-refractivity contribution in [2.45, 2.75) is 25.8 Å². The second-order valence-corrected chi connectivity index (χ2v) is 6.84. The van der Waals surface area contributed by atoms with Crippen molar-refractivity contribution < 1.29 is 13.9 Å². The minimum absolute atomic E-state index is 0.259. The lowest BCUT2D eigenvalue weighted by atomic mass is 10.1. The van der Waals surface area contributed by atoms with Gasteiger partial charge in [-0.2, -0.15) is 0 Å². The van der Waals surface area contributed by atoms with Gasteiger partial charge in [0.2, 0.25) is 5.88 Å². The molecule has 1 fully saturated rings. The molecule has 29 heavy (non-hydrogen) atoms. The smallest absolute Gasteiger partial charge is 0.278 e. The molecule has 0 saturated carbocycles. The van der Waals surface area contributed by atoms with Gasteiger partial charge in [0, 0.05) is 6.07 Å². The fourth-order valence-electron chi connectivity index (χ4n) is 3.28. The molecule has 1 amide bonds. The van der Waals surface area contributed by atoms with E-state index in [-0.39, 0.29) is 17.8 Å². The van der Waals surface area contributed by atoms with Crippen molar-refractivity contribution in [3.63, 3.8) is 0 Å². The Morgan fingerprint density at radius 3 is 2.66 bits per heavy atom. The lowest BCUT2D eigenvalue weighted by Crippen LogP contribution is -2.30. The summed E-state index contributed by atoms with van der Waals surface area (Å²) < 4.78 is 20.3. The molecule has 4 rings (SSSR count). The minimum atomic E-state index is -0.337. The summed E-state index contributed by atoms with van der Waals surface area (Å²) in [7, 11) is 0. The van der Waals surface area contributed by atoms with Gasteiger partial charge in [-0.05, 0) is 63.2 Å². The molecule has 1 aliphatic rings. The molecule has 1 aromatic carbocycles. The number of nitrogens with zero attached hydrogens (tertiary/aromatic N) is 4. The van der Waals surface area contributed by atoms with Crippen LogP contribution in [0.15, 0.2) is 42.6 Å². The predicted molar refractivity (Wildman–Crippen MR) is 105 cm³/mol. The first kappa shape index (κ1) is 19.0. The molecule has 150 valence electrons. The number of carbonyl (C=O) groups excluding carboxylic acids is 1. The molecule has 0 bridgehead atoms. The maximum absolute atomic E-state index is 13.0. The number of aromatic nitrogens is 4. The van der Waals surface area contributed by atoms with Gasteiger partial charge in [0.15, 0.2) is 5.69 Å². The summed E-state index contributed by atoms with van der Waals surface area (Å²) in [5.74, 6) is 0.135. The first-order chi connectivity index (χ1) is 14.1. The van der Waals surface area contributed by atoms with Crippen molar-refractivity contribution in [1.82, 2.24) is 25.3 Å². The molecule has 1 aliphatic heterocycles. The van der Waals surface area contributed by atoms with E-state index in [2.05, 4.69) is 25.9 Å². The maximum Gasteiger partial charge on any atom is 0.278 e. The number of nitrogens with one attached hydrogen (secondary N) is 2. The van der Waals surface area contributed by atoms with Crippen LogP contribution in [0.5, 0.6) is 11.6 Å². The third-order valence-corrected chi connectivity index (χ3v) is 4.83. The zero-order valence-electron chi connectivity index (χ0n) is 15.9. The number of amides is 1. The molecule has 8 nitrogen and oxygen atoms in total. The standard InChI is InChI=1S/C20H21FN6O2/c1-13-19(25-26-27(13)16-8-10-22-11-9-16)20(28)24-15-4-7-18(23-12-15)29-17-5-2-14(21)3-6-17/h2-7,12,16,22H,8-11H2,1H3,(H,24,28). The number of carbonyl (C=O) groups is 1. The highest BCUT2D eigenvalue weighted by Gasteiger charge is 2.23. The summed E-state index contributed by atoms with van der Waals surface area (Å²) in [6.07, 6.45) is 3.42. The van der Waals surface area contributed by atoms with Gasteiger partial charge in [0.1, 0.15) is 11.6 Å². The van der Waals surface area contributed by atoms with Crippen molar-refractivity contribution >= 4 is 11.6 Å². The van der Waals surface area contributed by atoms with Crippen LogP contribution in [0.2, 0.25) is 0 Å². The molecule has 3 aromatic rings. The number of halogens is 1. The summed E-state index contributed by atoms with van der Waals surface area (Å²) in [6.45, 7) is 3.72. The molecule has 0 unspecified atom stereocenters. The number of piperidine rings is 1. The van der Waals surface area contributed by atoms with E-state index in [1.165, 1.54) is 30.5 Å². The molecule has 2 N–H and O–H groups in total. The summed E-state index contributed by atoms with van der Waals surface area (Å²) >= 11 is 0. The second kappa shape index (κ2) is 8.36. The lowest BCUT2D eigenvalue weighted by Gasteiger charge is -2.23. The van der Waals surface area contributed by atoms with E-state index < -0.39 is 0 Å². The largest absolute Gasteiger partial charge is 0.439 e. The van der Waals surface area contributed by atoms with Crippen LogP contribution >= 0.6 is 0 Å². The number of ether oxygens (including phenoxy) is 1. The third-order valence-electron chi connectivity index (χ3n) is 4.83. The van der Waals surface area contributed by atoms with E-state index in [4.69, 9.17) is 4.74 Å². The highest BCUT2D eigenvalue weighted by atomic mass is 19.1. The van der Waals surface area contributed by atoms with E-state index in [1.54, 1.807) is 12.1 Å². The molecule has 0 aliphatic carbocycles. The van der Waals surface area contributed by atoms with E-state index in [1.807, 2.05) is 11.6 Å². The highest BCUT2D eigenvalue weighted by Crippen LogP contribution is 2.22. The minimum Gasteiger partial charge on any atom is -0.439 e. The first-order valence-corrected chi connectivity index (χ1v) is 9.43. The van der Waals surface area contributed by atoms with Gasteiger partial charge < -0.3 is 15.4 Å². The van der Waals surface area contributed by atoms with Crippen molar-refractivity contribution in [1.29, 1.82) is 0 Å². The number of pyridine rings is 1. The van der Waals surface area contributed by atoms with Crippen LogP contribution in [-0.4, -0.2) is 39.0 Å². The van der Waals surface area contributed by atoms with Gasteiger partial charge in [-0.3, -0.25) is 4.79 Å². The lowest BCUT2D eigenvalue weighted by molar-refractivity contribution is 0.102. The Morgan fingerprint density at radius 1 is 1.21 bits per heavy atom. The Balaban J connectivity index is 1.40. The Kier molecular flexibility index (Phi) is 5.48. The highest BCUT2D eigenvalue weighted by molar-refractivity contribution is 6.03. The molecular weight excluding hydrogens is 375 g/mol. The summed E-state index contributed by atoms with van der Waals surface area (Å²) in [5, 5.41) is 14.4. The number of benzene rings is 1. The third kappa shape index (κ3) is 4.40. The molecule has 0 radical (unpaired) electrons. The number of rotatable bonds is 5. The molecule has 0 atom stereocenters. The van der Waals surface area contributed by atoms with Gasteiger partial charge in [-0.1, -0.05) is 5.21 Å². The summed E-state index contributed by atoms with van der Waals surface area (Å²) in [5.41, 5.74) is 1.56. The Morgan fingerprint density at radius 2 is 1.97 bits per heavy atom. The van der Waals surface area contributed by atoms with E-state index in [0.29, 0.717) is 23.0 Å². The fraction of sp³-hybridized carbons (Fsp3) is 0.300. The van der Waals surface area contributed by atoms with Crippen LogP contribution in [0.3, 0.4) is 0 Å². The monoisotopic (exact) mass is 396 g/mol. The van der Waals surface area contributed by atoms with Gasteiger partial charge in [-0.25, -0.2) is 14.1 Å². The van der Waals surface area contributed by atoms with E-state index in [9.17, 15) is 9.18 Å². The predicted octanol–water partition coefficient (Wildman–Crippen LogP) is 3.09. The normalized spacial score (nSPS) is 14.6. The van der Waals surface area contributed by atoms with Crippen LogP contribution in [0.25, 0.3) is 0 Å². The Labute approximate surface area is 167 Å². The molecule has 0 spiro atoms. The average molecular weight is 396 g/mol. The zero-order chi connectivity index (χ0) is 20.2. The first-order valence-electron chi connectivity index (χ1n) is 9.43. The topological polar surface area (TPSA) is 94.0 Å². The quantitative estimate of drug-likeness (QED) is 0.688. The average Bonchev–Trinajstić information content (AvgIpc) is 3.13. The van der Waals surface area contributed by atoms with E-state index >= 15 is 0 Å². The second-order valence-electron chi connectivity index (χ2n) is 6.84. The van der Waals surface area contributed by atoms with Crippen molar-refractivity contribution in [2.75, 3.05) is 18.4 Å². The van der Waals surface area contributed by atoms with Crippen molar-refractivity contribution in [3.8, 4) is 11.6 Å². The van der Waals surface area contributed by atoms with Crippen LogP contribution in [0, 0.1) is 12.7 Å². The summed E-state index contributed by atoms with van der Waals surface area (Å²) in [4.78, 5) is 16.8. The van der Waals surface area contributed by atoms with Crippen molar-refractivity contribution in [2.24, 2.45) is 0 Å². The molecule has 1 saturated heterocycles. The van der Waals surface area contributed by atoms with E-state index in [0.717, 1.165) is 31.6 Å².